The van der Waals surface area contributed by atoms with Crippen LogP contribution < -0.4 is 0 Å². The summed E-state index contributed by atoms with van der Waals surface area (Å²) < 4.78 is 0. The summed E-state index contributed by atoms with van der Waals surface area (Å²) in [6.45, 7) is 7.39. The molecule has 32 heavy (non-hydrogen) atoms. The smallest absolute Gasteiger partial charge is 0.0154 e. The van der Waals surface area contributed by atoms with Crippen LogP contribution in [0.2, 0.25) is 0 Å². The highest BCUT2D eigenvalue weighted by atomic mass is 14.7. The van der Waals surface area contributed by atoms with Crippen LogP contribution in [-0.4, -0.2) is 0 Å². The van der Waals surface area contributed by atoms with Gasteiger partial charge in [0.1, 0.15) is 0 Å². The minimum Gasteiger partial charge on any atom is -0.0620 e. The maximum atomic E-state index is 2.69. The normalized spacial score (nSPS) is 40.5. The van der Waals surface area contributed by atoms with E-state index in [0.29, 0.717) is 5.41 Å². The molecule has 6 rings (SSSR count). The number of fused-ring (bicyclic) bond motifs is 1. The second-order valence-electron chi connectivity index (χ2n) is 12.1. The largest absolute Gasteiger partial charge is 0.0620 e. The number of benzene rings is 2. The third-order valence-corrected chi connectivity index (χ3v) is 11.0. The maximum absolute atomic E-state index is 2.69. The third-order valence-electron chi connectivity index (χ3n) is 11.0. The monoisotopic (exact) mass is 426 g/mol. The zero-order valence-electron chi connectivity index (χ0n) is 20.5. The van der Waals surface area contributed by atoms with E-state index in [1.807, 2.05) is 0 Å². The lowest BCUT2D eigenvalue weighted by Crippen LogP contribution is -2.52. The molecule has 0 nitrogen and oxygen atoms in total. The van der Waals surface area contributed by atoms with Crippen LogP contribution in [0.15, 0.2) is 48.5 Å². The van der Waals surface area contributed by atoms with E-state index in [1.54, 1.807) is 23.1 Å². The van der Waals surface area contributed by atoms with Crippen molar-refractivity contribution in [2.45, 2.75) is 90.4 Å². The third kappa shape index (κ3) is 3.00. The fraction of sp³-hybridized carbons (Fsp3) is 0.625. The molecular weight excluding hydrogens is 384 g/mol. The Balaban J connectivity index is 1.40. The molecule has 0 aliphatic heterocycles. The maximum Gasteiger partial charge on any atom is -0.0154 e. The number of hydrogen-bond donors (Lipinski definition) is 0. The quantitative estimate of drug-likeness (QED) is 0.460. The lowest BCUT2D eigenvalue weighted by molar-refractivity contribution is -0.0888. The highest BCUT2D eigenvalue weighted by Crippen LogP contribution is 2.73. The molecule has 0 bridgehead atoms. The first-order valence-electron chi connectivity index (χ1n) is 13.8. The van der Waals surface area contributed by atoms with Crippen LogP contribution in [0.5, 0.6) is 0 Å². The van der Waals surface area contributed by atoms with Gasteiger partial charge in [0.15, 0.2) is 0 Å². The van der Waals surface area contributed by atoms with E-state index >= 15 is 0 Å². The van der Waals surface area contributed by atoms with Crippen LogP contribution in [0.1, 0.15) is 99.3 Å². The molecule has 0 heteroatoms. The highest BCUT2D eigenvalue weighted by molar-refractivity contribution is 5.34. The minimum atomic E-state index is 0.651. The molecule has 6 unspecified atom stereocenters. The van der Waals surface area contributed by atoms with E-state index in [2.05, 4.69) is 69.3 Å². The first-order valence-corrected chi connectivity index (χ1v) is 13.8. The van der Waals surface area contributed by atoms with Gasteiger partial charge in [-0.15, -0.1) is 0 Å². The van der Waals surface area contributed by atoms with Crippen LogP contribution in [-0.2, 0) is 6.42 Å². The van der Waals surface area contributed by atoms with Crippen molar-refractivity contribution in [3.63, 3.8) is 0 Å². The molecule has 0 radical (unpaired) electrons. The lowest BCUT2D eigenvalue weighted by atomic mass is 9.45. The molecule has 8 atom stereocenters. The van der Waals surface area contributed by atoms with Crippen molar-refractivity contribution < 1.29 is 0 Å². The first kappa shape index (κ1) is 21.0. The zero-order chi connectivity index (χ0) is 21.9. The predicted octanol–water partition coefficient (Wildman–Crippen LogP) is 8.69. The predicted molar refractivity (Wildman–Crippen MR) is 135 cm³/mol. The van der Waals surface area contributed by atoms with E-state index in [0.717, 1.165) is 41.4 Å². The molecule has 0 saturated heterocycles. The summed E-state index contributed by atoms with van der Waals surface area (Å²) in [4.78, 5) is 0. The van der Waals surface area contributed by atoms with Gasteiger partial charge < -0.3 is 0 Å². The molecule has 4 fully saturated rings. The van der Waals surface area contributed by atoms with Gasteiger partial charge in [-0.2, -0.15) is 0 Å². The van der Waals surface area contributed by atoms with Crippen LogP contribution in [0, 0.1) is 41.9 Å². The van der Waals surface area contributed by atoms with Gasteiger partial charge in [0.05, 0.1) is 0 Å². The Morgan fingerprint density at radius 3 is 2.19 bits per heavy atom. The molecule has 0 N–H and O–H groups in total. The summed E-state index contributed by atoms with van der Waals surface area (Å²) in [5.74, 6) is 6.40. The topological polar surface area (TPSA) is 0 Å². The second-order valence-corrected chi connectivity index (χ2v) is 12.1. The fourth-order valence-electron chi connectivity index (χ4n) is 10.1. The van der Waals surface area contributed by atoms with Crippen molar-refractivity contribution in [3.8, 4) is 0 Å². The van der Waals surface area contributed by atoms with Crippen molar-refractivity contribution in [2.75, 3.05) is 0 Å². The molecule has 4 saturated carbocycles. The van der Waals surface area contributed by atoms with E-state index in [-0.39, 0.29) is 0 Å². The average molecular weight is 427 g/mol. The fourth-order valence-corrected chi connectivity index (χ4v) is 10.1. The molecule has 0 aromatic heterocycles. The molecular formula is C32H42. The van der Waals surface area contributed by atoms with Crippen molar-refractivity contribution in [3.05, 3.63) is 70.8 Å². The number of hydrogen-bond acceptors (Lipinski definition) is 0. The van der Waals surface area contributed by atoms with Crippen molar-refractivity contribution in [2.24, 2.45) is 35.0 Å². The van der Waals surface area contributed by atoms with Crippen molar-refractivity contribution >= 4 is 0 Å². The summed E-state index contributed by atoms with van der Waals surface area (Å²) in [5.41, 5.74) is 7.14. The molecule has 2 aromatic carbocycles. The summed E-state index contributed by atoms with van der Waals surface area (Å²) in [5, 5.41) is 0. The van der Waals surface area contributed by atoms with Crippen LogP contribution in [0.4, 0.5) is 0 Å². The number of aryl methyl sites for hydroxylation is 2. The van der Waals surface area contributed by atoms with E-state index in [9.17, 15) is 0 Å². The lowest BCUT2D eigenvalue weighted by Gasteiger charge is -2.60. The molecule has 0 amide bonds. The summed E-state index contributed by atoms with van der Waals surface area (Å²) in [7, 11) is 0. The van der Waals surface area contributed by atoms with Crippen molar-refractivity contribution in [1.29, 1.82) is 0 Å². The summed E-state index contributed by atoms with van der Waals surface area (Å²) >= 11 is 0. The standard InChI is InChI=1S/C32H42/c1-4-23-11-6-8-14-30(23)25-16-22(3)32-27(17-24-12-9-15-31(24)32)19-26(20-28(32)18-25)29-13-7-5-10-21(29)2/h5-8,10-11,13-14,22,24-28,31H,4,9,12,15-20H2,1-3H3/t22?,24?,25?,26?,27-,28+,31?,32?/m1/s1. The SMILES string of the molecule is CCc1ccccc1C1CC(C)C23C4CCCC4C[C@@H]2CC(c2ccccc2C)C[C@@H]3C1. The Bertz CT molecular complexity index is 972. The molecule has 1 spiro atoms. The van der Waals surface area contributed by atoms with Gasteiger partial charge in [0.25, 0.3) is 0 Å². The Kier molecular flexibility index (Phi) is 5.27. The van der Waals surface area contributed by atoms with Gasteiger partial charge in [-0.25, -0.2) is 0 Å². The Morgan fingerprint density at radius 1 is 0.781 bits per heavy atom. The van der Waals surface area contributed by atoms with Gasteiger partial charge in [-0.3, -0.25) is 0 Å². The minimum absolute atomic E-state index is 0.651. The molecule has 4 aliphatic carbocycles. The average Bonchev–Trinajstić information content (AvgIpc) is 3.39. The molecule has 170 valence electrons. The second kappa shape index (κ2) is 8.03. The summed E-state index contributed by atoms with van der Waals surface area (Å²) in [6.07, 6.45) is 13.1. The van der Waals surface area contributed by atoms with Gasteiger partial charge in [0, 0.05) is 0 Å². The molecule has 4 aliphatic rings. The number of rotatable bonds is 3. The van der Waals surface area contributed by atoms with Crippen LogP contribution in [0.25, 0.3) is 0 Å². The Morgan fingerprint density at radius 2 is 1.44 bits per heavy atom. The Labute approximate surface area is 196 Å². The first-order chi connectivity index (χ1) is 15.6. The highest BCUT2D eigenvalue weighted by Gasteiger charge is 2.65. The van der Waals surface area contributed by atoms with Gasteiger partial charge in [-0.05, 0) is 121 Å². The van der Waals surface area contributed by atoms with E-state index in [4.69, 9.17) is 0 Å². The van der Waals surface area contributed by atoms with Crippen LogP contribution in [0.3, 0.4) is 0 Å². The molecule has 2 aromatic rings. The van der Waals surface area contributed by atoms with E-state index < -0.39 is 0 Å². The van der Waals surface area contributed by atoms with Crippen molar-refractivity contribution in [1.82, 2.24) is 0 Å². The van der Waals surface area contributed by atoms with Gasteiger partial charge >= 0.3 is 0 Å². The van der Waals surface area contributed by atoms with Gasteiger partial charge in [-0.1, -0.05) is 75.2 Å². The Hall–Kier alpha value is -1.56. The molecule has 0 heterocycles. The van der Waals surface area contributed by atoms with Gasteiger partial charge in [0.2, 0.25) is 0 Å². The van der Waals surface area contributed by atoms with E-state index in [1.165, 1.54) is 56.9 Å². The summed E-state index contributed by atoms with van der Waals surface area (Å²) in [6, 6.07) is 18.7. The zero-order valence-corrected chi connectivity index (χ0v) is 20.5. The van der Waals surface area contributed by atoms with Crippen LogP contribution >= 0.6 is 0 Å².